The zero-order valence-corrected chi connectivity index (χ0v) is 18.3. The highest BCUT2D eigenvalue weighted by Gasteiger charge is 2.37. The lowest BCUT2D eigenvalue weighted by Gasteiger charge is -2.23. The van der Waals surface area contributed by atoms with E-state index in [-0.39, 0.29) is 24.1 Å². The Morgan fingerprint density at radius 1 is 1.19 bits per heavy atom. The van der Waals surface area contributed by atoms with Crippen LogP contribution < -0.4 is 10.2 Å². The SMILES string of the molecule is Cc1c([C@H](C)Nc2nccc(N3C(=O)OC[C@@H]3C(C)C)n2)cnn1Cc1ccccc1. The van der Waals surface area contributed by atoms with Gasteiger partial charge in [0.2, 0.25) is 5.95 Å². The second kappa shape index (κ2) is 8.75. The van der Waals surface area contributed by atoms with Gasteiger partial charge in [-0.2, -0.15) is 10.1 Å². The first-order valence-electron chi connectivity index (χ1n) is 10.6. The molecule has 8 heteroatoms. The average molecular weight is 421 g/mol. The number of rotatable bonds is 7. The molecular formula is C23H28N6O2. The monoisotopic (exact) mass is 420 g/mol. The van der Waals surface area contributed by atoms with Crippen LogP contribution in [0, 0.1) is 12.8 Å². The molecule has 0 spiro atoms. The summed E-state index contributed by atoms with van der Waals surface area (Å²) in [5.41, 5.74) is 3.36. The zero-order valence-electron chi connectivity index (χ0n) is 18.3. The minimum Gasteiger partial charge on any atom is -0.447 e. The second-order valence-electron chi connectivity index (χ2n) is 8.19. The van der Waals surface area contributed by atoms with Crippen LogP contribution in [0.15, 0.2) is 48.8 Å². The van der Waals surface area contributed by atoms with Gasteiger partial charge < -0.3 is 10.1 Å². The molecule has 1 aliphatic rings. The van der Waals surface area contributed by atoms with Gasteiger partial charge in [0.1, 0.15) is 12.4 Å². The van der Waals surface area contributed by atoms with E-state index in [0.717, 1.165) is 17.8 Å². The summed E-state index contributed by atoms with van der Waals surface area (Å²) in [5.74, 6) is 1.26. The van der Waals surface area contributed by atoms with Gasteiger partial charge >= 0.3 is 6.09 Å². The van der Waals surface area contributed by atoms with E-state index in [1.54, 1.807) is 17.2 Å². The van der Waals surface area contributed by atoms with Crippen LogP contribution in [0.1, 0.15) is 43.6 Å². The maximum Gasteiger partial charge on any atom is 0.415 e. The number of anilines is 2. The molecule has 0 saturated carbocycles. The van der Waals surface area contributed by atoms with E-state index in [9.17, 15) is 4.79 Å². The fourth-order valence-electron chi connectivity index (χ4n) is 3.82. The number of aromatic nitrogens is 4. The molecule has 2 atom stereocenters. The fourth-order valence-corrected chi connectivity index (χ4v) is 3.82. The average Bonchev–Trinajstić information content (AvgIpc) is 3.32. The molecule has 1 fully saturated rings. The predicted octanol–water partition coefficient (Wildman–Crippen LogP) is 4.18. The molecule has 2 aromatic heterocycles. The molecule has 1 amide bonds. The van der Waals surface area contributed by atoms with Crippen molar-refractivity contribution in [1.82, 2.24) is 19.7 Å². The number of carbonyl (C=O) groups excluding carboxylic acids is 1. The highest BCUT2D eigenvalue weighted by Crippen LogP contribution is 2.27. The summed E-state index contributed by atoms with van der Waals surface area (Å²) in [6.07, 6.45) is 3.17. The van der Waals surface area contributed by atoms with E-state index in [2.05, 4.69) is 53.3 Å². The number of hydrogen-bond acceptors (Lipinski definition) is 6. The highest BCUT2D eigenvalue weighted by molar-refractivity contribution is 5.89. The molecule has 162 valence electrons. The predicted molar refractivity (Wildman–Crippen MR) is 119 cm³/mol. The van der Waals surface area contributed by atoms with E-state index in [4.69, 9.17) is 4.74 Å². The normalized spacial score (nSPS) is 17.1. The fraction of sp³-hybridized carbons (Fsp3) is 0.391. The number of cyclic esters (lactones) is 1. The van der Waals surface area contributed by atoms with Crippen molar-refractivity contribution >= 4 is 17.9 Å². The minimum atomic E-state index is -0.366. The first-order valence-corrected chi connectivity index (χ1v) is 10.6. The molecule has 1 aliphatic heterocycles. The number of nitrogens with zero attached hydrogens (tertiary/aromatic N) is 5. The van der Waals surface area contributed by atoms with Crippen molar-refractivity contribution in [2.45, 2.75) is 46.3 Å². The van der Waals surface area contributed by atoms with Gasteiger partial charge in [-0.3, -0.25) is 9.58 Å². The van der Waals surface area contributed by atoms with Crippen LogP contribution in [0.4, 0.5) is 16.6 Å². The Labute approximate surface area is 182 Å². The summed E-state index contributed by atoms with van der Waals surface area (Å²) < 4.78 is 7.24. The van der Waals surface area contributed by atoms with Crippen LogP contribution in [0.3, 0.4) is 0 Å². The maximum absolute atomic E-state index is 12.3. The summed E-state index contributed by atoms with van der Waals surface area (Å²) in [7, 11) is 0. The molecule has 4 rings (SSSR count). The smallest absolute Gasteiger partial charge is 0.415 e. The number of nitrogens with one attached hydrogen (secondary N) is 1. The second-order valence-corrected chi connectivity index (χ2v) is 8.19. The highest BCUT2D eigenvalue weighted by atomic mass is 16.6. The van der Waals surface area contributed by atoms with Crippen LogP contribution in [0.25, 0.3) is 0 Å². The van der Waals surface area contributed by atoms with Crippen molar-refractivity contribution in [1.29, 1.82) is 0 Å². The molecule has 1 aromatic carbocycles. The first-order chi connectivity index (χ1) is 14.9. The van der Waals surface area contributed by atoms with Crippen molar-refractivity contribution in [3.63, 3.8) is 0 Å². The van der Waals surface area contributed by atoms with E-state index >= 15 is 0 Å². The molecule has 0 unspecified atom stereocenters. The summed E-state index contributed by atoms with van der Waals surface area (Å²) in [4.78, 5) is 22.8. The van der Waals surface area contributed by atoms with Gasteiger partial charge in [0.25, 0.3) is 0 Å². The van der Waals surface area contributed by atoms with Gasteiger partial charge in [-0.05, 0) is 31.4 Å². The van der Waals surface area contributed by atoms with E-state index < -0.39 is 0 Å². The molecule has 0 radical (unpaired) electrons. The Balaban J connectivity index is 1.50. The van der Waals surface area contributed by atoms with Crippen molar-refractivity contribution < 1.29 is 9.53 Å². The lowest BCUT2D eigenvalue weighted by molar-refractivity contribution is 0.177. The number of ether oxygens (including phenoxy) is 1. The van der Waals surface area contributed by atoms with Crippen molar-refractivity contribution in [2.75, 3.05) is 16.8 Å². The molecule has 0 bridgehead atoms. The third-order valence-corrected chi connectivity index (χ3v) is 5.69. The van der Waals surface area contributed by atoms with Gasteiger partial charge in [-0.25, -0.2) is 9.78 Å². The van der Waals surface area contributed by atoms with Crippen LogP contribution in [-0.4, -0.2) is 38.5 Å². The zero-order chi connectivity index (χ0) is 22.0. The van der Waals surface area contributed by atoms with Gasteiger partial charge in [0.05, 0.1) is 24.8 Å². The van der Waals surface area contributed by atoms with Crippen LogP contribution in [0.2, 0.25) is 0 Å². The Bertz CT molecular complexity index is 1050. The first kappa shape index (κ1) is 20.8. The number of carbonyl (C=O) groups is 1. The summed E-state index contributed by atoms with van der Waals surface area (Å²) in [6, 6.07) is 11.9. The largest absolute Gasteiger partial charge is 0.447 e. The van der Waals surface area contributed by atoms with Crippen molar-refractivity contribution in [3.8, 4) is 0 Å². The van der Waals surface area contributed by atoms with Crippen LogP contribution in [-0.2, 0) is 11.3 Å². The maximum atomic E-state index is 12.3. The Kier molecular flexibility index (Phi) is 5.88. The Hall–Kier alpha value is -3.42. The van der Waals surface area contributed by atoms with E-state index in [0.29, 0.717) is 18.4 Å². The quantitative estimate of drug-likeness (QED) is 0.617. The topological polar surface area (TPSA) is 85.2 Å². The summed E-state index contributed by atoms with van der Waals surface area (Å²) in [5, 5.41) is 7.90. The van der Waals surface area contributed by atoms with Crippen LogP contribution >= 0.6 is 0 Å². The molecule has 1 saturated heterocycles. The molecule has 3 aromatic rings. The van der Waals surface area contributed by atoms with Crippen LogP contribution in [0.5, 0.6) is 0 Å². The minimum absolute atomic E-state index is 0.0360. The number of hydrogen-bond donors (Lipinski definition) is 1. The Morgan fingerprint density at radius 2 is 1.97 bits per heavy atom. The summed E-state index contributed by atoms with van der Waals surface area (Å²) in [6.45, 7) is 9.34. The van der Waals surface area contributed by atoms with Gasteiger partial charge in [-0.15, -0.1) is 0 Å². The molecule has 0 aliphatic carbocycles. The molecular weight excluding hydrogens is 392 g/mol. The third-order valence-electron chi connectivity index (χ3n) is 5.69. The number of amides is 1. The Morgan fingerprint density at radius 3 is 2.71 bits per heavy atom. The van der Waals surface area contributed by atoms with E-state index in [1.807, 2.05) is 36.0 Å². The van der Waals surface area contributed by atoms with Gasteiger partial charge in [0.15, 0.2) is 0 Å². The van der Waals surface area contributed by atoms with Crippen molar-refractivity contribution in [3.05, 3.63) is 65.6 Å². The molecule has 1 N–H and O–H groups in total. The van der Waals surface area contributed by atoms with E-state index in [1.165, 1.54) is 5.56 Å². The third kappa shape index (κ3) is 4.38. The number of benzene rings is 1. The van der Waals surface area contributed by atoms with Crippen molar-refractivity contribution in [2.24, 2.45) is 5.92 Å². The molecule has 8 nitrogen and oxygen atoms in total. The molecule has 31 heavy (non-hydrogen) atoms. The lowest BCUT2D eigenvalue weighted by atomic mass is 10.0. The van der Waals surface area contributed by atoms with Gasteiger partial charge in [0, 0.05) is 17.5 Å². The standard InChI is InChI=1S/C23H28N6O2/c1-15(2)20-14-31-23(30)29(20)21-10-11-24-22(27-21)26-16(3)19-12-25-28(17(19)4)13-18-8-6-5-7-9-18/h5-12,15-16,20H,13-14H2,1-4H3,(H,24,26,27)/t16-,20+/m0/s1. The van der Waals surface area contributed by atoms with Gasteiger partial charge in [-0.1, -0.05) is 44.2 Å². The molecule has 3 heterocycles. The summed E-state index contributed by atoms with van der Waals surface area (Å²) >= 11 is 0. The lowest BCUT2D eigenvalue weighted by Crippen LogP contribution is -2.37.